The van der Waals surface area contributed by atoms with Crippen LogP contribution in [0.15, 0.2) is 0 Å². The van der Waals surface area contributed by atoms with Crippen molar-refractivity contribution in [1.29, 1.82) is 0 Å². The third-order valence-electron chi connectivity index (χ3n) is 2.85. The van der Waals surface area contributed by atoms with Crippen LogP contribution in [0.2, 0.25) is 0 Å². The average molecular weight is 228 g/mol. The monoisotopic (exact) mass is 228 g/mol. The molecule has 0 bridgehead atoms. The van der Waals surface area contributed by atoms with Crippen LogP contribution in [-0.2, 0) is 4.74 Å². The van der Waals surface area contributed by atoms with E-state index in [-0.39, 0.29) is 17.7 Å². The van der Waals surface area contributed by atoms with Gasteiger partial charge >= 0.3 is 6.03 Å². The van der Waals surface area contributed by atoms with Crippen LogP contribution in [0.3, 0.4) is 0 Å². The first kappa shape index (κ1) is 13.3. The van der Waals surface area contributed by atoms with Gasteiger partial charge in [0.25, 0.3) is 0 Å². The van der Waals surface area contributed by atoms with Gasteiger partial charge in [0.1, 0.15) is 0 Å². The van der Waals surface area contributed by atoms with Gasteiger partial charge in [0.15, 0.2) is 0 Å². The number of carbonyl (C=O) groups is 1. The van der Waals surface area contributed by atoms with Gasteiger partial charge in [-0.3, -0.25) is 0 Å². The molecule has 0 aromatic heterocycles. The highest BCUT2D eigenvalue weighted by Crippen LogP contribution is 2.23. The maximum Gasteiger partial charge on any atom is 0.315 e. The van der Waals surface area contributed by atoms with E-state index in [1.807, 2.05) is 0 Å². The molecule has 0 radical (unpaired) electrons. The van der Waals surface area contributed by atoms with E-state index in [0.29, 0.717) is 0 Å². The van der Waals surface area contributed by atoms with Crippen LogP contribution in [0, 0.1) is 0 Å². The summed E-state index contributed by atoms with van der Waals surface area (Å²) in [6, 6.07) is 0.196. The van der Waals surface area contributed by atoms with Gasteiger partial charge in [-0.2, -0.15) is 0 Å². The predicted molar refractivity (Wildman–Crippen MR) is 64.5 cm³/mol. The Morgan fingerprint density at radius 3 is 2.88 bits per heavy atom. The average Bonchev–Trinajstić information content (AvgIpc) is 2.16. The molecule has 1 saturated heterocycles. The third-order valence-corrected chi connectivity index (χ3v) is 2.85. The molecule has 1 atom stereocenters. The molecule has 94 valence electrons. The maximum atomic E-state index is 11.5. The number of urea groups is 1. The Balaban J connectivity index is 2.23. The van der Waals surface area contributed by atoms with Gasteiger partial charge in [0, 0.05) is 19.2 Å². The fraction of sp³-hybridized carbons (Fsp3) is 0.917. The Kier molecular flexibility index (Phi) is 5.06. The fourth-order valence-corrected chi connectivity index (χ4v) is 1.97. The second-order valence-corrected chi connectivity index (χ2v) is 5.05. The summed E-state index contributed by atoms with van der Waals surface area (Å²) in [4.78, 5) is 11.5. The van der Waals surface area contributed by atoms with Crippen molar-refractivity contribution in [3.63, 3.8) is 0 Å². The topological polar surface area (TPSA) is 50.4 Å². The van der Waals surface area contributed by atoms with E-state index < -0.39 is 0 Å². The molecule has 0 spiro atoms. The molecule has 1 heterocycles. The Hall–Kier alpha value is -0.770. The zero-order valence-electron chi connectivity index (χ0n) is 10.6. The van der Waals surface area contributed by atoms with Crippen molar-refractivity contribution < 1.29 is 9.53 Å². The van der Waals surface area contributed by atoms with Gasteiger partial charge < -0.3 is 15.4 Å². The lowest BCUT2D eigenvalue weighted by Crippen LogP contribution is -2.49. The van der Waals surface area contributed by atoms with E-state index in [1.165, 1.54) is 0 Å². The third kappa shape index (κ3) is 4.84. The molecule has 1 aliphatic rings. The van der Waals surface area contributed by atoms with Crippen molar-refractivity contribution in [2.24, 2.45) is 0 Å². The first-order valence-corrected chi connectivity index (χ1v) is 6.22. The summed E-state index contributed by atoms with van der Waals surface area (Å²) in [6.45, 7) is 7.73. The molecule has 2 N–H and O–H groups in total. The predicted octanol–water partition coefficient (Wildman–Crippen LogP) is 2.04. The lowest BCUT2D eigenvalue weighted by Gasteiger charge is -2.35. The molecular weight excluding hydrogens is 204 g/mol. The Bertz CT molecular complexity index is 229. The highest BCUT2D eigenvalue weighted by Gasteiger charge is 2.29. The Morgan fingerprint density at radius 1 is 1.50 bits per heavy atom. The fourth-order valence-electron chi connectivity index (χ4n) is 1.97. The quantitative estimate of drug-likeness (QED) is 0.723. The highest BCUT2D eigenvalue weighted by atomic mass is 16.5. The van der Waals surface area contributed by atoms with Crippen LogP contribution in [0.5, 0.6) is 0 Å². The normalized spacial score (nSPS) is 23.8. The molecule has 1 aliphatic heterocycles. The summed E-state index contributed by atoms with van der Waals surface area (Å²) in [5.74, 6) is 0. The van der Waals surface area contributed by atoms with Crippen LogP contribution >= 0.6 is 0 Å². The van der Waals surface area contributed by atoms with Crippen molar-refractivity contribution >= 4 is 6.03 Å². The van der Waals surface area contributed by atoms with E-state index in [4.69, 9.17) is 4.74 Å². The van der Waals surface area contributed by atoms with E-state index in [2.05, 4.69) is 31.4 Å². The zero-order chi connectivity index (χ0) is 12.0. The maximum absolute atomic E-state index is 11.5. The van der Waals surface area contributed by atoms with Gasteiger partial charge in [-0.1, -0.05) is 13.3 Å². The SMILES string of the molecule is CCCCNC(=O)NC1CCOC(C)(C)C1. The van der Waals surface area contributed by atoms with Crippen LogP contribution in [0.1, 0.15) is 46.5 Å². The number of amides is 2. The number of hydrogen-bond acceptors (Lipinski definition) is 2. The summed E-state index contributed by atoms with van der Waals surface area (Å²) in [5.41, 5.74) is -0.111. The largest absolute Gasteiger partial charge is 0.375 e. The Morgan fingerprint density at radius 2 is 2.25 bits per heavy atom. The number of carbonyl (C=O) groups excluding carboxylic acids is 1. The van der Waals surface area contributed by atoms with E-state index in [9.17, 15) is 4.79 Å². The van der Waals surface area contributed by atoms with Crippen LogP contribution < -0.4 is 10.6 Å². The first-order chi connectivity index (χ1) is 7.53. The van der Waals surface area contributed by atoms with Crippen LogP contribution in [0.4, 0.5) is 4.79 Å². The molecule has 0 saturated carbocycles. The molecule has 1 rings (SSSR count). The lowest BCUT2D eigenvalue weighted by atomic mass is 9.94. The molecule has 0 aliphatic carbocycles. The lowest BCUT2D eigenvalue weighted by molar-refractivity contribution is -0.0611. The molecule has 4 heteroatoms. The highest BCUT2D eigenvalue weighted by molar-refractivity contribution is 5.74. The summed E-state index contributed by atoms with van der Waals surface area (Å²) in [5, 5.41) is 5.87. The Labute approximate surface area is 98.1 Å². The number of hydrogen-bond donors (Lipinski definition) is 2. The van der Waals surface area contributed by atoms with E-state index >= 15 is 0 Å². The summed E-state index contributed by atoms with van der Waals surface area (Å²) < 4.78 is 5.60. The van der Waals surface area contributed by atoms with Crippen molar-refractivity contribution in [1.82, 2.24) is 10.6 Å². The van der Waals surface area contributed by atoms with Gasteiger partial charge in [-0.05, 0) is 33.1 Å². The van der Waals surface area contributed by atoms with Crippen LogP contribution in [0.25, 0.3) is 0 Å². The molecular formula is C12H24N2O2. The molecule has 0 aromatic rings. The van der Waals surface area contributed by atoms with Crippen molar-refractivity contribution in [3.05, 3.63) is 0 Å². The number of unbranched alkanes of at least 4 members (excludes halogenated alkanes) is 1. The van der Waals surface area contributed by atoms with E-state index in [1.54, 1.807) is 0 Å². The first-order valence-electron chi connectivity index (χ1n) is 6.22. The molecule has 4 nitrogen and oxygen atoms in total. The minimum atomic E-state index is -0.111. The van der Waals surface area contributed by atoms with Gasteiger partial charge in [0.05, 0.1) is 5.60 Å². The second-order valence-electron chi connectivity index (χ2n) is 5.05. The van der Waals surface area contributed by atoms with Gasteiger partial charge in [-0.15, -0.1) is 0 Å². The minimum Gasteiger partial charge on any atom is -0.375 e. The minimum absolute atomic E-state index is 0.0452. The van der Waals surface area contributed by atoms with Crippen molar-refractivity contribution in [2.75, 3.05) is 13.2 Å². The van der Waals surface area contributed by atoms with Crippen molar-refractivity contribution in [2.45, 2.75) is 58.1 Å². The van der Waals surface area contributed by atoms with E-state index in [0.717, 1.165) is 38.8 Å². The number of nitrogens with one attached hydrogen (secondary N) is 2. The van der Waals surface area contributed by atoms with Crippen LogP contribution in [-0.4, -0.2) is 30.8 Å². The smallest absolute Gasteiger partial charge is 0.315 e. The molecule has 1 unspecified atom stereocenters. The zero-order valence-corrected chi connectivity index (χ0v) is 10.6. The second kappa shape index (κ2) is 6.09. The van der Waals surface area contributed by atoms with Gasteiger partial charge in [0.2, 0.25) is 0 Å². The molecule has 16 heavy (non-hydrogen) atoms. The molecule has 2 amide bonds. The summed E-state index contributed by atoms with van der Waals surface area (Å²) in [6.07, 6.45) is 3.93. The number of rotatable bonds is 4. The molecule has 1 fully saturated rings. The number of ether oxygens (including phenoxy) is 1. The summed E-state index contributed by atoms with van der Waals surface area (Å²) >= 11 is 0. The summed E-state index contributed by atoms with van der Waals surface area (Å²) in [7, 11) is 0. The standard InChI is InChI=1S/C12H24N2O2/c1-4-5-7-13-11(15)14-10-6-8-16-12(2,3)9-10/h10H,4-9H2,1-3H3,(H2,13,14,15). The van der Waals surface area contributed by atoms with Crippen molar-refractivity contribution in [3.8, 4) is 0 Å². The van der Waals surface area contributed by atoms with Gasteiger partial charge in [-0.25, -0.2) is 4.79 Å². The molecule has 0 aromatic carbocycles.